The van der Waals surface area contributed by atoms with Crippen LogP contribution in [0.5, 0.6) is 0 Å². The topological polar surface area (TPSA) is 26.0 Å². The molecule has 0 amide bonds. The molecule has 1 nitrogen and oxygen atoms in total. The second-order valence-electron chi connectivity index (χ2n) is 6.61. The zero-order valence-electron chi connectivity index (χ0n) is 12.3. The van der Waals surface area contributed by atoms with Crippen LogP contribution in [0.25, 0.3) is 0 Å². The smallest absolute Gasteiger partial charge is 0.0154 e. The summed E-state index contributed by atoms with van der Waals surface area (Å²) in [7, 11) is 0. The van der Waals surface area contributed by atoms with E-state index in [1.54, 1.807) is 0 Å². The first-order valence-electron chi connectivity index (χ1n) is 7.86. The number of hydrogen-bond donors (Lipinski definition) is 1. The lowest BCUT2D eigenvalue weighted by atomic mass is 9.84. The van der Waals surface area contributed by atoms with Crippen LogP contribution in [0.3, 0.4) is 0 Å². The van der Waals surface area contributed by atoms with Crippen LogP contribution in [-0.4, -0.2) is 5.54 Å². The SMILES string of the molecule is CCCCCCC1(N)CCCC(C(C)C)CC1. The van der Waals surface area contributed by atoms with Gasteiger partial charge < -0.3 is 5.73 Å². The zero-order chi connectivity index (χ0) is 12.7. The van der Waals surface area contributed by atoms with Gasteiger partial charge in [-0.15, -0.1) is 0 Å². The highest BCUT2D eigenvalue weighted by molar-refractivity contribution is 4.88. The Balaban J connectivity index is 2.32. The molecule has 1 aliphatic carbocycles. The average molecular weight is 239 g/mol. The van der Waals surface area contributed by atoms with Crippen LogP contribution in [0.2, 0.25) is 0 Å². The molecule has 0 aromatic heterocycles. The summed E-state index contributed by atoms with van der Waals surface area (Å²) in [5.74, 6) is 1.77. The number of rotatable bonds is 6. The van der Waals surface area contributed by atoms with Gasteiger partial charge in [-0.05, 0) is 37.5 Å². The molecule has 0 spiro atoms. The van der Waals surface area contributed by atoms with E-state index in [0.717, 1.165) is 11.8 Å². The van der Waals surface area contributed by atoms with Crippen molar-refractivity contribution in [1.29, 1.82) is 0 Å². The summed E-state index contributed by atoms with van der Waals surface area (Å²) in [6, 6.07) is 0. The molecule has 0 bridgehead atoms. The van der Waals surface area contributed by atoms with E-state index in [4.69, 9.17) is 5.73 Å². The average Bonchev–Trinajstić information content (AvgIpc) is 2.47. The Morgan fingerprint density at radius 2 is 1.88 bits per heavy atom. The van der Waals surface area contributed by atoms with Crippen molar-refractivity contribution >= 4 is 0 Å². The Labute approximate surface area is 109 Å². The van der Waals surface area contributed by atoms with Crippen molar-refractivity contribution in [2.24, 2.45) is 17.6 Å². The Bertz CT molecular complexity index is 200. The lowest BCUT2D eigenvalue weighted by Crippen LogP contribution is -2.39. The highest BCUT2D eigenvalue weighted by Gasteiger charge is 2.29. The summed E-state index contributed by atoms with van der Waals surface area (Å²) in [4.78, 5) is 0. The third-order valence-corrected chi connectivity index (χ3v) is 4.73. The number of unbranched alkanes of at least 4 members (excludes halogenated alkanes) is 3. The molecule has 1 rings (SSSR count). The predicted octanol–water partition coefficient (Wildman–Crippen LogP) is 4.89. The van der Waals surface area contributed by atoms with E-state index in [1.165, 1.54) is 64.2 Å². The fourth-order valence-corrected chi connectivity index (χ4v) is 3.28. The van der Waals surface area contributed by atoms with E-state index in [2.05, 4.69) is 20.8 Å². The molecule has 1 heteroatoms. The van der Waals surface area contributed by atoms with E-state index in [9.17, 15) is 0 Å². The summed E-state index contributed by atoms with van der Waals surface area (Å²) in [6.45, 7) is 7.02. The van der Waals surface area contributed by atoms with Gasteiger partial charge in [-0.1, -0.05) is 59.3 Å². The second kappa shape index (κ2) is 7.41. The monoisotopic (exact) mass is 239 g/mol. The summed E-state index contributed by atoms with van der Waals surface area (Å²) >= 11 is 0. The van der Waals surface area contributed by atoms with Gasteiger partial charge in [0.05, 0.1) is 0 Å². The summed E-state index contributed by atoms with van der Waals surface area (Å²) in [6.07, 6.45) is 13.3. The van der Waals surface area contributed by atoms with Gasteiger partial charge in [0.2, 0.25) is 0 Å². The van der Waals surface area contributed by atoms with Crippen LogP contribution in [0.1, 0.15) is 85.0 Å². The summed E-state index contributed by atoms with van der Waals surface area (Å²) in [5.41, 5.74) is 6.78. The maximum absolute atomic E-state index is 6.60. The van der Waals surface area contributed by atoms with Crippen LogP contribution in [0.15, 0.2) is 0 Å². The minimum absolute atomic E-state index is 0.178. The Hall–Kier alpha value is -0.0400. The largest absolute Gasteiger partial charge is 0.325 e. The van der Waals surface area contributed by atoms with Crippen LogP contribution in [0.4, 0.5) is 0 Å². The van der Waals surface area contributed by atoms with Crippen molar-refractivity contribution in [3.63, 3.8) is 0 Å². The first-order chi connectivity index (χ1) is 8.07. The van der Waals surface area contributed by atoms with Gasteiger partial charge in [-0.3, -0.25) is 0 Å². The molecule has 2 unspecified atom stereocenters. The molecule has 1 saturated carbocycles. The molecule has 0 aromatic rings. The zero-order valence-corrected chi connectivity index (χ0v) is 12.3. The standard InChI is InChI=1S/C16H33N/c1-4-5-6-7-11-16(17)12-8-9-15(10-13-16)14(2)3/h14-15H,4-13,17H2,1-3H3. The molecule has 0 aromatic carbocycles. The van der Waals surface area contributed by atoms with E-state index in [-0.39, 0.29) is 5.54 Å². The maximum atomic E-state index is 6.60. The maximum Gasteiger partial charge on any atom is 0.0154 e. The lowest BCUT2D eigenvalue weighted by Gasteiger charge is -2.28. The quantitative estimate of drug-likeness (QED) is 0.518. The van der Waals surface area contributed by atoms with Gasteiger partial charge in [0.15, 0.2) is 0 Å². The normalized spacial score (nSPS) is 30.5. The van der Waals surface area contributed by atoms with Crippen LogP contribution < -0.4 is 5.73 Å². The predicted molar refractivity (Wildman–Crippen MR) is 77.1 cm³/mol. The Kier molecular flexibility index (Phi) is 6.54. The molecule has 102 valence electrons. The van der Waals surface area contributed by atoms with E-state index in [0.29, 0.717) is 0 Å². The second-order valence-corrected chi connectivity index (χ2v) is 6.61. The number of hydrogen-bond acceptors (Lipinski definition) is 1. The van der Waals surface area contributed by atoms with Gasteiger partial charge in [0.1, 0.15) is 0 Å². The fraction of sp³-hybridized carbons (Fsp3) is 1.00. The van der Waals surface area contributed by atoms with Crippen LogP contribution in [-0.2, 0) is 0 Å². The van der Waals surface area contributed by atoms with Crippen molar-refractivity contribution in [1.82, 2.24) is 0 Å². The van der Waals surface area contributed by atoms with Gasteiger partial charge >= 0.3 is 0 Å². The molecule has 0 heterocycles. The number of nitrogens with two attached hydrogens (primary N) is 1. The molecule has 0 saturated heterocycles. The van der Waals surface area contributed by atoms with Crippen molar-refractivity contribution in [3.8, 4) is 0 Å². The minimum Gasteiger partial charge on any atom is -0.325 e. The highest BCUT2D eigenvalue weighted by atomic mass is 14.7. The van der Waals surface area contributed by atoms with Crippen LogP contribution in [0, 0.1) is 11.8 Å². The minimum atomic E-state index is 0.178. The Morgan fingerprint density at radius 3 is 2.53 bits per heavy atom. The summed E-state index contributed by atoms with van der Waals surface area (Å²) < 4.78 is 0. The molecular formula is C16H33N. The molecule has 1 aliphatic rings. The molecule has 2 atom stereocenters. The van der Waals surface area contributed by atoms with Crippen molar-refractivity contribution < 1.29 is 0 Å². The van der Waals surface area contributed by atoms with Gasteiger partial charge in [-0.2, -0.15) is 0 Å². The molecule has 2 N–H and O–H groups in total. The fourth-order valence-electron chi connectivity index (χ4n) is 3.28. The molecular weight excluding hydrogens is 206 g/mol. The molecule has 0 radical (unpaired) electrons. The van der Waals surface area contributed by atoms with E-state index < -0.39 is 0 Å². The van der Waals surface area contributed by atoms with Gasteiger partial charge in [0.25, 0.3) is 0 Å². The third-order valence-electron chi connectivity index (χ3n) is 4.73. The molecule has 1 fully saturated rings. The van der Waals surface area contributed by atoms with Gasteiger partial charge in [0, 0.05) is 5.54 Å². The third kappa shape index (κ3) is 5.42. The first-order valence-corrected chi connectivity index (χ1v) is 7.86. The molecule has 17 heavy (non-hydrogen) atoms. The van der Waals surface area contributed by atoms with E-state index in [1.807, 2.05) is 0 Å². The van der Waals surface area contributed by atoms with Gasteiger partial charge in [-0.25, -0.2) is 0 Å². The lowest BCUT2D eigenvalue weighted by molar-refractivity contribution is 0.306. The van der Waals surface area contributed by atoms with Crippen molar-refractivity contribution in [3.05, 3.63) is 0 Å². The summed E-state index contributed by atoms with van der Waals surface area (Å²) in [5, 5.41) is 0. The molecule has 0 aliphatic heterocycles. The van der Waals surface area contributed by atoms with Crippen molar-refractivity contribution in [2.75, 3.05) is 0 Å². The van der Waals surface area contributed by atoms with E-state index >= 15 is 0 Å². The Morgan fingerprint density at radius 1 is 1.12 bits per heavy atom. The first kappa shape index (κ1) is 15.0. The highest BCUT2D eigenvalue weighted by Crippen LogP contribution is 2.35. The van der Waals surface area contributed by atoms with Crippen LogP contribution >= 0.6 is 0 Å². The van der Waals surface area contributed by atoms with Crippen molar-refractivity contribution in [2.45, 2.75) is 90.5 Å².